The molecule has 1 aliphatic carbocycles. The van der Waals surface area contributed by atoms with E-state index in [0.717, 1.165) is 6.54 Å². The first-order chi connectivity index (χ1) is 4.51. The summed E-state index contributed by atoms with van der Waals surface area (Å²) in [6.07, 6.45) is 0. The van der Waals surface area contributed by atoms with Crippen LogP contribution < -0.4 is 5.73 Å². The second kappa shape index (κ2) is 2.09. The molecule has 0 saturated heterocycles. The molecule has 0 aromatic carbocycles. The predicted molar refractivity (Wildman–Crippen MR) is 44.6 cm³/mol. The van der Waals surface area contributed by atoms with Gasteiger partial charge in [-0.3, -0.25) is 0 Å². The summed E-state index contributed by atoms with van der Waals surface area (Å²) in [6, 6.07) is 0. The van der Waals surface area contributed by atoms with Gasteiger partial charge in [-0.05, 0) is 30.7 Å². The van der Waals surface area contributed by atoms with E-state index in [0.29, 0.717) is 17.3 Å². The normalized spacial score (nSPS) is 35.6. The van der Waals surface area contributed by atoms with Crippen molar-refractivity contribution in [1.29, 1.82) is 0 Å². The molecule has 1 aliphatic rings. The molecular weight excluding hydrogens is 122 g/mol. The zero-order chi connectivity index (χ0) is 7.94. The fraction of sp³-hybridized carbons (Fsp3) is 0.778. The van der Waals surface area contributed by atoms with Crippen molar-refractivity contribution in [1.82, 2.24) is 0 Å². The summed E-state index contributed by atoms with van der Waals surface area (Å²) >= 11 is 0. The molecule has 0 heterocycles. The summed E-state index contributed by atoms with van der Waals surface area (Å²) in [7, 11) is 0. The lowest BCUT2D eigenvalue weighted by atomic mass is 10.1. The van der Waals surface area contributed by atoms with Crippen molar-refractivity contribution in [2.24, 2.45) is 23.0 Å². The maximum absolute atomic E-state index is 5.60. The van der Waals surface area contributed by atoms with Crippen LogP contribution in [0.3, 0.4) is 0 Å². The predicted octanol–water partition coefficient (Wildman–Crippen LogP) is 1.79. The van der Waals surface area contributed by atoms with Crippen LogP contribution in [0, 0.1) is 17.3 Å². The topological polar surface area (TPSA) is 26.0 Å². The van der Waals surface area contributed by atoms with Crippen molar-refractivity contribution in [3.05, 3.63) is 12.2 Å². The first-order valence-electron chi connectivity index (χ1n) is 3.87. The van der Waals surface area contributed by atoms with Crippen LogP contribution in [-0.4, -0.2) is 6.54 Å². The smallest absolute Gasteiger partial charge is 0.00376 e. The fourth-order valence-electron chi connectivity index (χ4n) is 2.16. The summed E-state index contributed by atoms with van der Waals surface area (Å²) < 4.78 is 0. The van der Waals surface area contributed by atoms with Crippen LogP contribution in [0.2, 0.25) is 0 Å². The Bertz CT molecular complexity index is 158. The molecule has 1 fully saturated rings. The molecule has 1 rings (SSSR count). The summed E-state index contributed by atoms with van der Waals surface area (Å²) in [6.45, 7) is 11.4. The van der Waals surface area contributed by atoms with E-state index >= 15 is 0 Å². The minimum Gasteiger partial charge on any atom is -0.330 e. The van der Waals surface area contributed by atoms with Gasteiger partial charge in [0.2, 0.25) is 0 Å². The summed E-state index contributed by atoms with van der Waals surface area (Å²) in [4.78, 5) is 0. The Balaban J connectivity index is 2.61. The number of hydrogen-bond donors (Lipinski definition) is 1. The zero-order valence-electron chi connectivity index (χ0n) is 7.15. The quantitative estimate of drug-likeness (QED) is 0.580. The Morgan fingerprint density at radius 3 is 2.20 bits per heavy atom. The third-order valence-electron chi connectivity index (χ3n) is 2.84. The Morgan fingerprint density at radius 1 is 1.60 bits per heavy atom. The molecule has 2 atom stereocenters. The molecule has 1 nitrogen and oxygen atoms in total. The van der Waals surface area contributed by atoms with Crippen molar-refractivity contribution in [2.45, 2.75) is 20.8 Å². The molecule has 0 aromatic heterocycles. The monoisotopic (exact) mass is 139 g/mol. The third kappa shape index (κ3) is 0.891. The van der Waals surface area contributed by atoms with Crippen molar-refractivity contribution in [2.75, 3.05) is 6.54 Å². The van der Waals surface area contributed by atoms with Crippen molar-refractivity contribution >= 4 is 0 Å². The van der Waals surface area contributed by atoms with Gasteiger partial charge in [-0.25, -0.2) is 0 Å². The summed E-state index contributed by atoms with van der Waals surface area (Å²) in [5.41, 5.74) is 7.32. The average Bonchev–Trinajstić information content (AvgIpc) is 2.33. The Morgan fingerprint density at radius 2 is 2.10 bits per heavy atom. The van der Waals surface area contributed by atoms with Gasteiger partial charge < -0.3 is 5.73 Å². The number of nitrogens with two attached hydrogens (primary N) is 1. The molecule has 2 N–H and O–H groups in total. The van der Waals surface area contributed by atoms with Gasteiger partial charge in [0.15, 0.2) is 0 Å². The number of hydrogen-bond acceptors (Lipinski definition) is 1. The third-order valence-corrected chi connectivity index (χ3v) is 2.84. The van der Waals surface area contributed by atoms with Crippen LogP contribution in [0.15, 0.2) is 12.2 Å². The minimum absolute atomic E-state index is 0.431. The molecule has 0 aromatic rings. The van der Waals surface area contributed by atoms with Crippen LogP contribution in [-0.2, 0) is 0 Å². The number of rotatable bonds is 2. The highest BCUT2D eigenvalue weighted by Crippen LogP contribution is 2.60. The molecule has 0 spiro atoms. The van der Waals surface area contributed by atoms with Crippen LogP contribution in [0.1, 0.15) is 20.8 Å². The lowest BCUT2D eigenvalue weighted by Gasteiger charge is -1.99. The van der Waals surface area contributed by atoms with Gasteiger partial charge in [-0.1, -0.05) is 26.0 Å². The van der Waals surface area contributed by atoms with Crippen molar-refractivity contribution < 1.29 is 0 Å². The molecule has 1 heteroatoms. The molecule has 1 saturated carbocycles. The van der Waals surface area contributed by atoms with Crippen LogP contribution in [0.25, 0.3) is 0 Å². The fourth-order valence-corrected chi connectivity index (χ4v) is 2.16. The first-order valence-corrected chi connectivity index (χ1v) is 3.87. The van der Waals surface area contributed by atoms with Gasteiger partial charge in [-0.2, -0.15) is 0 Å². The molecular formula is C9H17N. The van der Waals surface area contributed by atoms with E-state index in [2.05, 4.69) is 27.4 Å². The standard InChI is InChI=1S/C9H17N/c1-6(2)8-7(5-10)9(8,3)4/h7-8H,1,5,10H2,2-4H3/t7-,8-/m1/s1. The molecule has 0 radical (unpaired) electrons. The minimum atomic E-state index is 0.431. The highest BCUT2D eigenvalue weighted by molar-refractivity contribution is 5.19. The first kappa shape index (κ1) is 7.80. The van der Waals surface area contributed by atoms with E-state index in [1.54, 1.807) is 0 Å². The van der Waals surface area contributed by atoms with E-state index < -0.39 is 0 Å². The van der Waals surface area contributed by atoms with E-state index in [4.69, 9.17) is 5.73 Å². The van der Waals surface area contributed by atoms with Crippen LogP contribution in [0.4, 0.5) is 0 Å². The summed E-state index contributed by atoms with van der Waals surface area (Å²) in [5.74, 6) is 1.36. The number of allylic oxidation sites excluding steroid dienone is 1. The van der Waals surface area contributed by atoms with Crippen molar-refractivity contribution in [3.8, 4) is 0 Å². The van der Waals surface area contributed by atoms with Gasteiger partial charge in [0.1, 0.15) is 0 Å². The van der Waals surface area contributed by atoms with Gasteiger partial charge >= 0.3 is 0 Å². The Labute approximate surface area is 63.3 Å². The lowest BCUT2D eigenvalue weighted by Crippen LogP contribution is -2.05. The van der Waals surface area contributed by atoms with Crippen LogP contribution in [0.5, 0.6) is 0 Å². The molecule has 0 bridgehead atoms. The van der Waals surface area contributed by atoms with Crippen LogP contribution >= 0.6 is 0 Å². The average molecular weight is 139 g/mol. The second-order valence-electron chi connectivity index (χ2n) is 3.99. The molecule has 10 heavy (non-hydrogen) atoms. The van der Waals surface area contributed by atoms with E-state index in [1.807, 2.05) is 0 Å². The highest BCUT2D eigenvalue weighted by Gasteiger charge is 2.56. The maximum atomic E-state index is 5.60. The van der Waals surface area contributed by atoms with Crippen molar-refractivity contribution in [3.63, 3.8) is 0 Å². The summed E-state index contributed by atoms with van der Waals surface area (Å²) in [5, 5.41) is 0. The lowest BCUT2D eigenvalue weighted by molar-refractivity contribution is 0.552. The molecule has 0 amide bonds. The Kier molecular flexibility index (Phi) is 1.63. The second-order valence-corrected chi connectivity index (χ2v) is 3.99. The largest absolute Gasteiger partial charge is 0.330 e. The zero-order valence-corrected chi connectivity index (χ0v) is 7.15. The molecule has 0 unspecified atom stereocenters. The maximum Gasteiger partial charge on any atom is -0.00376 e. The van der Waals surface area contributed by atoms with Gasteiger partial charge in [0.05, 0.1) is 0 Å². The van der Waals surface area contributed by atoms with Gasteiger partial charge in [0, 0.05) is 0 Å². The van der Waals surface area contributed by atoms with E-state index in [-0.39, 0.29) is 0 Å². The van der Waals surface area contributed by atoms with Gasteiger partial charge in [-0.15, -0.1) is 0 Å². The van der Waals surface area contributed by atoms with Gasteiger partial charge in [0.25, 0.3) is 0 Å². The molecule has 0 aliphatic heterocycles. The van der Waals surface area contributed by atoms with E-state index in [9.17, 15) is 0 Å². The van der Waals surface area contributed by atoms with E-state index in [1.165, 1.54) is 5.57 Å². The highest BCUT2D eigenvalue weighted by atomic mass is 14.7. The Hall–Kier alpha value is -0.300. The SMILES string of the molecule is C=C(C)[C@@H]1[C@@H](CN)C1(C)C. The molecule has 58 valence electrons.